The summed E-state index contributed by atoms with van der Waals surface area (Å²) in [5, 5.41) is 0. The molecule has 5 radical (unpaired) electrons. The number of thiazole rings is 3. The number of aryl methyl sites for hydroxylation is 12. The molecular formula is C99H83FIr5N17OS3-5. The van der Waals surface area contributed by atoms with Gasteiger partial charge in [0.2, 0.25) is 5.95 Å². The van der Waals surface area contributed by atoms with Gasteiger partial charge in [-0.2, -0.15) is 4.39 Å². The van der Waals surface area contributed by atoms with Gasteiger partial charge in [0.1, 0.15) is 0 Å². The van der Waals surface area contributed by atoms with Crippen molar-refractivity contribution in [2.75, 3.05) is 0 Å². The molecule has 645 valence electrons. The van der Waals surface area contributed by atoms with Crippen molar-refractivity contribution in [2.45, 2.75) is 102 Å². The van der Waals surface area contributed by atoms with E-state index >= 15 is 0 Å². The zero-order valence-electron chi connectivity index (χ0n) is 71.2. The first-order valence-corrected chi connectivity index (χ1v) is 42.1. The van der Waals surface area contributed by atoms with Gasteiger partial charge in [-0.25, -0.2) is 0 Å². The fraction of sp³-hybridized carbons (Fsp3) is 0.162. The van der Waals surface area contributed by atoms with Crippen molar-refractivity contribution in [2.24, 2.45) is 7.05 Å². The molecule has 10 aromatic carbocycles. The van der Waals surface area contributed by atoms with Gasteiger partial charge < -0.3 is 36.8 Å². The van der Waals surface area contributed by atoms with Gasteiger partial charge >= 0.3 is 0 Å². The molecule has 21 aromatic rings. The van der Waals surface area contributed by atoms with Crippen LogP contribution < -0.4 is 0 Å². The topological polar surface area (TPSA) is 185 Å². The second-order valence-corrected chi connectivity index (χ2v) is 33.5. The molecule has 0 fully saturated rings. The quantitative estimate of drug-likeness (QED) is 0.118. The van der Waals surface area contributed by atoms with Crippen LogP contribution in [0.1, 0.15) is 82.4 Å². The van der Waals surface area contributed by atoms with Crippen LogP contribution in [0, 0.1) is 113 Å². The molecule has 126 heavy (non-hydrogen) atoms. The maximum atomic E-state index is 14.2. The van der Waals surface area contributed by atoms with Crippen molar-refractivity contribution in [3.63, 3.8) is 0 Å². The van der Waals surface area contributed by atoms with Crippen LogP contribution in [0.25, 0.3) is 155 Å². The average molecular weight is 2600 g/mol. The first-order valence-electron chi connectivity index (χ1n) is 39.5. The monoisotopic (exact) mass is 2610 g/mol. The Morgan fingerprint density at radius 3 is 1.72 bits per heavy atom. The van der Waals surface area contributed by atoms with E-state index in [4.69, 9.17) is 19.4 Å². The number of nitrogens with zero attached hydrogens (tertiary/aromatic N) is 17. The summed E-state index contributed by atoms with van der Waals surface area (Å²) in [6.07, 6.45) is 17.1. The summed E-state index contributed by atoms with van der Waals surface area (Å²) in [6.45, 7) is 29.8. The van der Waals surface area contributed by atoms with E-state index in [0.717, 1.165) is 133 Å². The van der Waals surface area contributed by atoms with Crippen molar-refractivity contribution < 1.29 is 109 Å². The maximum Gasteiger partial charge on any atom is 0.208 e. The summed E-state index contributed by atoms with van der Waals surface area (Å²) in [7, 11) is 2.05. The number of pyridine rings is 1. The van der Waals surface area contributed by atoms with Crippen molar-refractivity contribution in [3.8, 4) is 90.8 Å². The number of oxazole rings is 1. The minimum absolute atomic E-state index is 0. The van der Waals surface area contributed by atoms with Gasteiger partial charge in [-0.1, -0.05) is 144 Å². The van der Waals surface area contributed by atoms with Crippen LogP contribution in [0.15, 0.2) is 235 Å². The second-order valence-electron chi connectivity index (χ2n) is 30.9. The van der Waals surface area contributed by atoms with E-state index in [2.05, 4.69) is 262 Å². The molecule has 11 aromatic heterocycles. The van der Waals surface area contributed by atoms with E-state index in [0.29, 0.717) is 11.4 Å². The molecule has 0 saturated heterocycles. The van der Waals surface area contributed by atoms with Crippen LogP contribution in [0.5, 0.6) is 0 Å². The van der Waals surface area contributed by atoms with Crippen molar-refractivity contribution in [1.29, 1.82) is 0 Å². The van der Waals surface area contributed by atoms with E-state index in [1.165, 1.54) is 88.9 Å². The first kappa shape index (κ1) is 94.6. The molecule has 27 heteroatoms. The molecule has 21 rings (SSSR count). The summed E-state index contributed by atoms with van der Waals surface area (Å²) in [4.78, 5) is 49.7. The normalized spacial score (nSPS) is 11.0. The van der Waals surface area contributed by atoms with Gasteiger partial charge in [0, 0.05) is 200 Å². The van der Waals surface area contributed by atoms with Gasteiger partial charge in [0.25, 0.3) is 0 Å². The van der Waals surface area contributed by atoms with Crippen LogP contribution in [-0.4, -0.2) is 82.2 Å². The number of para-hydroxylation sites is 4. The molecular weight excluding hydrogens is 2520 g/mol. The van der Waals surface area contributed by atoms with Crippen LogP contribution in [-0.2, 0) is 113 Å². The summed E-state index contributed by atoms with van der Waals surface area (Å²) in [5.74, 6) is 4.57. The summed E-state index contributed by atoms with van der Waals surface area (Å²) in [5.41, 5.74) is 36.8. The predicted molar refractivity (Wildman–Crippen MR) is 487 cm³/mol. The number of benzene rings is 10. The Morgan fingerprint density at radius 1 is 0.429 bits per heavy atom. The molecule has 0 aliphatic rings. The molecule has 11 heterocycles. The summed E-state index contributed by atoms with van der Waals surface area (Å²) in [6, 6.07) is 68.2. The number of imidazole rings is 6. The van der Waals surface area contributed by atoms with Crippen molar-refractivity contribution >= 4 is 97.8 Å². The van der Waals surface area contributed by atoms with Gasteiger partial charge in [0.15, 0.2) is 6.39 Å². The Hall–Kier alpha value is -10.6. The minimum atomic E-state index is -0.406. The number of rotatable bonds is 10. The number of hydrogen-bond donors (Lipinski definition) is 0. The van der Waals surface area contributed by atoms with Crippen LogP contribution in [0.4, 0.5) is 4.39 Å². The van der Waals surface area contributed by atoms with E-state index < -0.39 is 5.95 Å². The fourth-order valence-electron chi connectivity index (χ4n) is 15.9. The Morgan fingerprint density at radius 2 is 1.01 bits per heavy atom. The van der Waals surface area contributed by atoms with Gasteiger partial charge in [0.05, 0.1) is 74.3 Å². The van der Waals surface area contributed by atoms with E-state index in [1.54, 1.807) is 51.9 Å². The number of halogens is 1. The number of fused-ring (bicyclic) bond motifs is 6. The van der Waals surface area contributed by atoms with Crippen molar-refractivity contribution in [3.05, 3.63) is 328 Å². The molecule has 0 aliphatic heterocycles. The minimum Gasteiger partial charge on any atom is -0.464 e. The third-order valence-electron chi connectivity index (χ3n) is 21.5. The van der Waals surface area contributed by atoms with Crippen LogP contribution in [0.2, 0.25) is 0 Å². The zero-order chi connectivity index (χ0) is 84.1. The second kappa shape index (κ2) is 40.2. The fourth-order valence-corrected chi connectivity index (χ4v) is 18.0. The molecule has 0 aliphatic carbocycles. The standard InChI is InChI=1S/C26H22N3S.C23H18N3O.C21H21N4.C16H9FN3S.C13H13N4S.5Ir/c1-16-10-11-22(23-25(16)30-15-28-23)26-27-14-19(4)29(26)24-17(2)12-21(13-18(24)3)20-8-6-5-7-9-20;1-14-11-15(2)22(16(3)12-14)26-19-9-5-4-8-18(19)25-23(26)17-7-6-10-20-21(17)24-13-27-20;1-13-9-10-17(20-18(13)23-16(4)24(20)5)21-22-11-12-25(21)19-14(2)7-6-8-15(19)3;17-14-9-18-16(20(14)11-5-2-1-3-6-11)12-7-4-8-13-15(12)19-10-21-13;1-13(2,3)17-5-4-15-12(17)9-6-14-7-10-11(9)16-8-18-10;;;;;/h5-10,12-15H,1-4H3;4-6,8-13H,1-3H3;6-9,11-12H,1-5H3;1-6,8-10H;4-5,7-8H,1-3H3;;;;;/q5*-1;;;;;. The van der Waals surface area contributed by atoms with E-state index in [1.807, 2.05) is 135 Å². The maximum absolute atomic E-state index is 14.2. The first-order chi connectivity index (χ1) is 58.6. The third-order valence-corrected chi connectivity index (χ3v) is 24.0. The third kappa shape index (κ3) is 18.5. The molecule has 0 N–H and O–H groups in total. The summed E-state index contributed by atoms with van der Waals surface area (Å²) < 4.78 is 35.3. The average Bonchev–Trinajstić information content (AvgIpc) is 1.60. The molecule has 18 nitrogen and oxygen atoms in total. The smallest absolute Gasteiger partial charge is 0.208 e. The van der Waals surface area contributed by atoms with E-state index in [-0.39, 0.29) is 106 Å². The molecule has 0 spiro atoms. The summed E-state index contributed by atoms with van der Waals surface area (Å²) >= 11 is 4.79. The SMILES string of the molecule is CC(C)(C)n1ccnc1-c1[c-]ncc2scnc12.Cc1cc(-c2ccccc2)cc(C)c1-n1c(C)cnc1-c1[c-]cc(C)c2scnc12.Cc1cc(C)c(-n2c(-c3[c-]ccc4ocnc34)nc3ccccc32)c(C)c1.Cc1cccc(C)c1-n1ccnc1-c1[c-]cc(C)c2nc(C)n(C)c12.Fc1cnc(-c2[c-]ccc3scnc23)n1-c1ccccc1.[Ir].[Ir].[Ir].[Ir].[Ir]. The van der Waals surface area contributed by atoms with Gasteiger partial charge in [-0.15, -0.1) is 99.7 Å². The Balaban J connectivity index is 0.000000143. The zero-order valence-corrected chi connectivity index (χ0v) is 85.6. The largest absolute Gasteiger partial charge is 0.464 e. The number of hydrogen-bond acceptors (Lipinski definition) is 15. The van der Waals surface area contributed by atoms with Crippen LogP contribution >= 0.6 is 34.0 Å². The van der Waals surface area contributed by atoms with Crippen molar-refractivity contribution in [1.82, 2.24) is 82.2 Å². The van der Waals surface area contributed by atoms with Gasteiger partial charge in [-0.3, -0.25) is 49.8 Å². The molecule has 0 amide bonds. The number of aromatic nitrogens is 17. The van der Waals surface area contributed by atoms with Gasteiger partial charge in [-0.05, 0) is 196 Å². The van der Waals surface area contributed by atoms with Crippen LogP contribution in [0.3, 0.4) is 0 Å². The Labute approximate surface area is 809 Å². The Bertz CT molecular complexity index is 7370. The predicted octanol–water partition coefficient (Wildman–Crippen LogP) is 24.1. The molecule has 0 unspecified atom stereocenters. The molecule has 0 bridgehead atoms. The Kier molecular flexibility index (Phi) is 30.2. The van der Waals surface area contributed by atoms with E-state index in [9.17, 15) is 4.39 Å². The molecule has 0 atom stereocenters. The molecule has 0 saturated carbocycles.